The van der Waals surface area contributed by atoms with E-state index in [-0.39, 0.29) is 11.4 Å². The van der Waals surface area contributed by atoms with E-state index < -0.39 is 0 Å². The minimum atomic E-state index is -0.361. The van der Waals surface area contributed by atoms with Gasteiger partial charge >= 0.3 is 0 Å². The summed E-state index contributed by atoms with van der Waals surface area (Å²) in [5.74, 6) is 0.413. The largest absolute Gasteiger partial charge is 0.320 e. The molecule has 0 bridgehead atoms. The first-order valence-electron chi connectivity index (χ1n) is 5.32. The molecule has 16 heavy (non-hydrogen) atoms. The molecule has 2 N–H and O–H groups in total. The van der Waals surface area contributed by atoms with Gasteiger partial charge in [-0.25, -0.2) is 14.4 Å². The average molecular weight is 217 g/mol. The average Bonchev–Trinajstić information content (AvgIpc) is 2.97. The summed E-state index contributed by atoms with van der Waals surface area (Å²) >= 11 is 0. The number of nitrogens with two attached hydrogens (primary N) is 1. The van der Waals surface area contributed by atoms with E-state index in [0.29, 0.717) is 5.82 Å². The molecule has 1 aromatic carbocycles. The molecule has 0 aliphatic heterocycles. The smallest absolute Gasteiger partial charge is 0.126 e. The minimum Gasteiger partial charge on any atom is -0.320 e. The lowest BCUT2D eigenvalue weighted by molar-refractivity contribution is 0.628. The van der Waals surface area contributed by atoms with Crippen LogP contribution in [0.5, 0.6) is 0 Å². The second-order valence-corrected chi connectivity index (χ2v) is 4.44. The summed E-state index contributed by atoms with van der Waals surface area (Å²) in [5.41, 5.74) is 7.33. The minimum absolute atomic E-state index is 0.273. The van der Waals surface area contributed by atoms with Crippen LogP contribution in [0.1, 0.15) is 24.4 Å². The van der Waals surface area contributed by atoms with Gasteiger partial charge in [0, 0.05) is 5.39 Å². The van der Waals surface area contributed by atoms with Crippen LogP contribution in [0.25, 0.3) is 10.9 Å². The Kier molecular flexibility index (Phi) is 1.80. The summed E-state index contributed by atoms with van der Waals surface area (Å²) in [7, 11) is 0. The number of benzene rings is 1. The Morgan fingerprint density at radius 3 is 2.75 bits per heavy atom. The van der Waals surface area contributed by atoms with Crippen molar-refractivity contribution in [2.75, 3.05) is 0 Å². The van der Waals surface area contributed by atoms with E-state index in [4.69, 9.17) is 5.73 Å². The number of hydrogen-bond acceptors (Lipinski definition) is 3. The van der Waals surface area contributed by atoms with Gasteiger partial charge in [-0.2, -0.15) is 0 Å². The lowest BCUT2D eigenvalue weighted by Gasteiger charge is -2.12. The van der Waals surface area contributed by atoms with Crippen molar-refractivity contribution in [2.24, 2.45) is 5.73 Å². The maximum absolute atomic E-state index is 13.2. The van der Waals surface area contributed by atoms with Crippen LogP contribution in [0, 0.1) is 12.7 Å². The Morgan fingerprint density at radius 1 is 1.31 bits per heavy atom. The summed E-state index contributed by atoms with van der Waals surface area (Å²) in [6, 6.07) is 4.56. The maximum Gasteiger partial charge on any atom is 0.126 e. The van der Waals surface area contributed by atoms with Crippen molar-refractivity contribution < 1.29 is 4.39 Å². The van der Waals surface area contributed by atoms with E-state index in [1.165, 1.54) is 12.1 Å². The third kappa shape index (κ3) is 1.38. The van der Waals surface area contributed by atoms with Gasteiger partial charge < -0.3 is 5.73 Å². The molecule has 1 heterocycles. The van der Waals surface area contributed by atoms with Gasteiger partial charge in [-0.05, 0) is 38.0 Å². The first kappa shape index (κ1) is 9.66. The monoisotopic (exact) mass is 217 g/mol. The van der Waals surface area contributed by atoms with Crippen molar-refractivity contribution in [3.63, 3.8) is 0 Å². The number of halogens is 1. The van der Waals surface area contributed by atoms with E-state index in [9.17, 15) is 4.39 Å². The van der Waals surface area contributed by atoms with Gasteiger partial charge in [-0.3, -0.25) is 0 Å². The molecule has 1 aliphatic carbocycles. The molecular formula is C12H12FN3. The summed E-state index contributed by atoms with van der Waals surface area (Å²) in [6.45, 7) is 1.83. The molecule has 0 amide bonds. The molecule has 1 saturated carbocycles. The standard InChI is InChI=1S/C12H12FN3/c1-7-15-10-3-2-8(13)6-9(10)11(16-7)12(14)4-5-12/h2-3,6H,4-5,14H2,1H3. The quantitative estimate of drug-likeness (QED) is 0.795. The molecule has 0 unspecified atom stereocenters. The summed E-state index contributed by atoms with van der Waals surface area (Å²) < 4.78 is 13.2. The number of hydrogen-bond donors (Lipinski definition) is 1. The van der Waals surface area contributed by atoms with Crippen molar-refractivity contribution in [1.29, 1.82) is 0 Å². The van der Waals surface area contributed by atoms with E-state index in [0.717, 1.165) is 29.4 Å². The second kappa shape index (κ2) is 2.98. The van der Waals surface area contributed by atoms with Crippen molar-refractivity contribution in [2.45, 2.75) is 25.3 Å². The maximum atomic E-state index is 13.2. The van der Waals surface area contributed by atoms with Crippen molar-refractivity contribution in [3.8, 4) is 0 Å². The Bertz CT molecular complexity index is 576. The van der Waals surface area contributed by atoms with Crippen LogP contribution in [-0.2, 0) is 5.54 Å². The second-order valence-electron chi connectivity index (χ2n) is 4.44. The Hall–Kier alpha value is -1.55. The Morgan fingerprint density at radius 2 is 2.06 bits per heavy atom. The van der Waals surface area contributed by atoms with Crippen LogP contribution in [0.15, 0.2) is 18.2 Å². The fraction of sp³-hybridized carbons (Fsp3) is 0.333. The Balaban J connectivity index is 2.36. The summed E-state index contributed by atoms with van der Waals surface area (Å²) in [5, 5.41) is 0.741. The van der Waals surface area contributed by atoms with Gasteiger partial charge in [0.1, 0.15) is 11.6 Å². The van der Waals surface area contributed by atoms with Crippen LogP contribution in [0.3, 0.4) is 0 Å². The third-order valence-electron chi connectivity index (χ3n) is 3.03. The predicted octanol–water partition coefficient (Wildman–Crippen LogP) is 2.03. The van der Waals surface area contributed by atoms with Crippen molar-refractivity contribution in [1.82, 2.24) is 9.97 Å². The zero-order valence-electron chi connectivity index (χ0n) is 9.00. The van der Waals surface area contributed by atoms with Crippen LogP contribution in [0.4, 0.5) is 4.39 Å². The third-order valence-corrected chi connectivity index (χ3v) is 3.03. The number of aryl methyl sites for hydroxylation is 1. The van der Waals surface area contributed by atoms with Crippen LogP contribution in [-0.4, -0.2) is 9.97 Å². The number of nitrogens with zero attached hydrogens (tertiary/aromatic N) is 2. The Labute approximate surface area is 92.5 Å². The van der Waals surface area contributed by atoms with Crippen LogP contribution < -0.4 is 5.73 Å². The fourth-order valence-corrected chi connectivity index (χ4v) is 1.97. The van der Waals surface area contributed by atoms with Gasteiger partial charge in [0.2, 0.25) is 0 Å². The molecule has 82 valence electrons. The van der Waals surface area contributed by atoms with E-state index in [1.54, 1.807) is 6.07 Å². The highest BCUT2D eigenvalue weighted by Gasteiger charge is 2.43. The molecule has 4 heteroatoms. The molecule has 1 aromatic heterocycles. The lowest BCUT2D eigenvalue weighted by atomic mass is 10.1. The molecule has 0 saturated heterocycles. The van der Waals surface area contributed by atoms with Gasteiger partial charge in [-0.15, -0.1) is 0 Å². The highest BCUT2D eigenvalue weighted by molar-refractivity contribution is 5.82. The lowest BCUT2D eigenvalue weighted by Crippen LogP contribution is -2.21. The van der Waals surface area contributed by atoms with Crippen molar-refractivity contribution >= 4 is 10.9 Å². The number of fused-ring (bicyclic) bond motifs is 1. The molecule has 0 spiro atoms. The predicted molar refractivity (Wildman–Crippen MR) is 59.3 cm³/mol. The first-order chi connectivity index (χ1) is 7.58. The topological polar surface area (TPSA) is 51.8 Å². The van der Waals surface area contributed by atoms with Gasteiger partial charge in [0.05, 0.1) is 16.7 Å². The van der Waals surface area contributed by atoms with Gasteiger partial charge in [0.15, 0.2) is 0 Å². The highest BCUT2D eigenvalue weighted by Crippen LogP contribution is 2.44. The normalized spacial score (nSPS) is 17.7. The molecule has 2 aromatic rings. The molecule has 3 rings (SSSR count). The molecule has 1 fully saturated rings. The van der Waals surface area contributed by atoms with Gasteiger partial charge in [-0.1, -0.05) is 0 Å². The van der Waals surface area contributed by atoms with Crippen molar-refractivity contribution in [3.05, 3.63) is 35.5 Å². The van der Waals surface area contributed by atoms with Crippen LogP contribution >= 0.6 is 0 Å². The first-order valence-corrected chi connectivity index (χ1v) is 5.32. The summed E-state index contributed by atoms with van der Waals surface area (Å²) in [4.78, 5) is 8.66. The zero-order valence-corrected chi connectivity index (χ0v) is 9.00. The van der Waals surface area contributed by atoms with E-state index in [2.05, 4.69) is 9.97 Å². The number of aromatic nitrogens is 2. The fourth-order valence-electron chi connectivity index (χ4n) is 1.97. The summed E-state index contributed by atoms with van der Waals surface area (Å²) in [6.07, 6.45) is 1.82. The van der Waals surface area contributed by atoms with E-state index in [1.807, 2.05) is 6.92 Å². The SMILES string of the molecule is Cc1nc(C2(N)CC2)c2cc(F)ccc2n1. The zero-order chi connectivity index (χ0) is 11.3. The molecular weight excluding hydrogens is 205 g/mol. The highest BCUT2D eigenvalue weighted by atomic mass is 19.1. The molecule has 1 aliphatic rings. The van der Waals surface area contributed by atoms with Crippen LogP contribution in [0.2, 0.25) is 0 Å². The number of rotatable bonds is 1. The van der Waals surface area contributed by atoms with E-state index >= 15 is 0 Å². The molecule has 0 radical (unpaired) electrons. The molecule has 3 nitrogen and oxygen atoms in total. The van der Waals surface area contributed by atoms with Gasteiger partial charge in [0.25, 0.3) is 0 Å². The molecule has 0 atom stereocenters.